The molecule has 78 valence electrons. The SMILES string of the molecule is CC(C)CCNCc1ccccc1Cl. The zero-order valence-electron chi connectivity index (χ0n) is 8.89. The normalized spacial score (nSPS) is 10.9. The zero-order valence-corrected chi connectivity index (χ0v) is 9.64. The van der Waals surface area contributed by atoms with Crippen LogP contribution in [0.5, 0.6) is 0 Å². The van der Waals surface area contributed by atoms with E-state index in [0.717, 1.165) is 24.0 Å². The third-order valence-corrected chi connectivity index (χ3v) is 2.54. The third-order valence-electron chi connectivity index (χ3n) is 2.17. The minimum Gasteiger partial charge on any atom is -0.313 e. The van der Waals surface area contributed by atoms with Gasteiger partial charge in [-0.1, -0.05) is 43.6 Å². The third kappa shape index (κ3) is 4.12. The second-order valence-electron chi connectivity index (χ2n) is 3.95. The Bertz CT molecular complexity index is 271. The van der Waals surface area contributed by atoms with E-state index in [1.54, 1.807) is 0 Å². The predicted molar refractivity (Wildman–Crippen MR) is 62.6 cm³/mol. The van der Waals surface area contributed by atoms with Crippen molar-refractivity contribution in [2.24, 2.45) is 5.92 Å². The number of nitrogens with one attached hydrogen (secondary N) is 1. The van der Waals surface area contributed by atoms with Crippen LogP contribution in [-0.4, -0.2) is 6.54 Å². The van der Waals surface area contributed by atoms with Crippen molar-refractivity contribution in [3.63, 3.8) is 0 Å². The van der Waals surface area contributed by atoms with Gasteiger partial charge in [0, 0.05) is 11.6 Å². The Labute approximate surface area is 91.5 Å². The van der Waals surface area contributed by atoms with E-state index in [1.165, 1.54) is 12.0 Å². The molecule has 0 aliphatic rings. The first-order valence-electron chi connectivity index (χ1n) is 5.14. The molecule has 1 rings (SSSR count). The molecule has 0 aliphatic heterocycles. The second kappa shape index (κ2) is 6.05. The highest BCUT2D eigenvalue weighted by molar-refractivity contribution is 6.31. The molecule has 0 amide bonds. The monoisotopic (exact) mass is 211 g/mol. The van der Waals surface area contributed by atoms with E-state index in [0.29, 0.717) is 0 Å². The Hall–Kier alpha value is -0.530. The summed E-state index contributed by atoms with van der Waals surface area (Å²) in [6.45, 7) is 6.39. The topological polar surface area (TPSA) is 12.0 Å². The van der Waals surface area contributed by atoms with Crippen LogP contribution in [0.25, 0.3) is 0 Å². The molecule has 0 radical (unpaired) electrons. The van der Waals surface area contributed by atoms with Crippen LogP contribution in [0.2, 0.25) is 5.02 Å². The fourth-order valence-corrected chi connectivity index (χ4v) is 1.46. The van der Waals surface area contributed by atoms with Gasteiger partial charge in [-0.2, -0.15) is 0 Å². The Morgan fingerprint density at radius 2 is 2.00 bits per heavy atom. The summed E-state index contributed by atoms with van der Waals surface area (Å²) in [5.41, 5.74) is 1.18. The summed E-state index contributed by atoms with van der Waals surface area (Å²) in [5, 5.41) is 4.24. The number of rotatable bonds is 5. The smallest absolute Gasteiger partial charge is 0.0450 e. The quantitative estimate of drug-likeness (QED) is 0.736. The molecule has 1 nitrogen and oxygen atoms in total. The molecule has 1 aromatic rings. The van der Waals surface area contributed by atoms with Gasteiger partial charge in [-0.25, -0.2) is 0 Å². The lowest BCUT2D eigenvalue weighted by molar-refractivity contribution is 0.537. The lowest BCUT2D eigenvalue weighted by atomic mass is 10.1. The van der Waals surface area contributed by atoms with Gasteiger partial charge in [0.15, 0.2) is 0 Å². The van der Waals surface area contributed by atoms with E-state index in [4.69, 9.17) is 11.6 Å². The first kappa shape index (κ1) is 11.5. The summed E-state index contributed by atoms with van der Waals surface area (Å²) in [5.74, 6) is 0.758. The Morgan fingerprint density at radius 3 is 2.64 bits per heavy atom. The molecule has 2 heteroatoms. The molecule has 0 fully saturated rings. The van der Waals surface area contributed by atoms with Crippen LogP contribution in [0.1, 0.15) is 25.8 Å². The molecule has 14 heavy (non-hydrogen) atoms. The van der Waals surface area contributed by atoms with Gasteiger partial charge in [0.25, 0.3) is 0 Å². The maximum absolute atomic E-state index is 6.03. The largest absolute Gasteiger partial charge is 0.313 e. The average Bonchev–Trinajstić information content (AvgIpc) is 2.15. The maximum atomic E-state index is 6.03. The van der Waals surface area contributed by atoms with Gasteiger partial charge in [-0.3, -0.25) is 0 Å². The fourth-order valence-electron chi connectivity index (χ4n) is 1.26. The van der Waals surface area contributed by atoms with Crippen LogP contribution in [0.15, 0.2) is 24.3 Å². The van der Waals surface area contributed by atoms with E-state index in [9.17, 15) is 0 Å². The summed E-state index contributed by atoms with van der Waals surface area (Å²) in [4.78, 5) is 0. The number of halogens is 1. The van der Waals surface area contributed by atoms with Crippen molar-refractivity contribution in [1.29, 1.82) is 0 Å². The molecule has 1 aromatic carbocycles. The highest BCUT2D eigenvalue weighted by atomic mass is 35.5. The summed E-state index contributed by atoms with van der Waals surface area (Å²) >= 11 is 6.03. The molecule has 0 atom stereocenters. The molecule has 0 bridgehead atoms. The van der Waals surface area contributed by atoms with Gasteiger partial charge >= 0.3 is 0 Å². The minimum absolute atomic E-state index is 0.758. The van der Waals surface area contributed by atoms with Crippen LogP contribution in [0.4, 0.5) is 0 Å². The second-order valence-corrected chi connectivity index (χ2v) is 4.36. The molecule has 0 spiro atoms. The molecular formula is C12H18ClN. The van der Waals surface area contributed by atoms with Crippen molar-refractivity contribution in [3.05, 3.63) is 34.9 Å². The van der Waals surface area contributed by atoms with Crippen LogP contribution >= 0.6 is 11.6 Å². The maximum Gasteiger partial charge on any atom is 0.0450 e. The fraction of sp³-hybridized carbons (Fsp3) is 0.500. The van der Waals surface area contributed by atoms with Gasteiger partial charge < -0.3 is 5.32 Å². The number of hydrogen-bond donors (Lipinski definition) is 1. The molecule has 0 aliphatic carbocycles. The molecule has 0 heterocycles. The Morgan fingerprint density at radius 1 is 1.29 bits per heavy atom. The van der Waals surface area contributed by atoms with Crippen molar-refractivity contribution >= 4 is 11.6 Å². The Kier molecular flexibility index (Phi) is 4.99. The molecule has 0 aromatic heterocycles. The van der Waals surface area contributed by atoms with Gasteiger partial charge in [0.05, 0.1) is 0 Å². The van der Waals surface area contributed by atoms with Crippen LogP contribution in [-0.2, 0) is 6.54 Å². The first-order valence-corrected chi connectivity index (χ1v) is 5.52. The van der Waals surface area contributed by atoms with E-state index in [-0.39, 0.29) is 0 Å². The number of hydrogen-bond acceptors (Lipinski definition) is 1. The highest BCUT2D eigenvalue weighted by Gasteiger charge is 1.98. The highest BCUT2D eigenvalue weighted by Crippen LogP contribution is 2.14. The Balaban J connectivity index is 2.28. The van der Waals surface area contributed by atoms with Gasteiger partial charge in [0.2, 0.25) is 0 Å². The molecular weight excluding hydrogens is 194 g/mol. The molecule has 1 N–H and O–H groups in total. The summed E-state index contributed by atoms with van der Waals surface area (Å²) in [6, 6.07) is 7.97. The van der Waals surface area contributed by atoms with Crippen molar-refractivity contribution in [2.45, 2.75) is 26.8 Å². The van der Waals surface area contributed by atoms with Gasteiger partial charge in [-0.15, -0.1) is 0 Å². The minimum atomic E-state index is 0.758. The number of benzene rings is 1. The summed E-state index contributed by atoms with van der Waals surface area (Å²) < 4.78 is 0. The van der Waals surface area contributed by atoms with Crippen molar-refractivity contribution < 1.29 is 0 Å². The lowest BCUT2D eigenvalue weighted by Gasteiger charge is -2.07. The standard InChI is InChI=1S/C12H18ClN/c1-10(2)7-8-14-9-11-5-3-4-6-12(11)13/h3-6,10,14H,7-9H2,1-2H3. The first-order chi connectivity index (χ1) is 6.70. The van der Waals surface area contributed by atoms with Gasteiger partial charge in [-0.05, 0) is 30.5 Å². The van der Waals surface area contributed by atoms with E-state index >= 15 is 0 Å². The summed E-state index contributed by atoms with van der Waals surface area (Å²) in [7, 11) is 0. The summed E-state index contributed by atoms with van der Waals surface area (Å²) in [6.07, 6.45) is 1.21. The molecule has 0 saturated heterocycles. The predicted octanol–water partition coefficient (Wildman–Crippen LogP) is 3.48. The van der Waals surface area contributed by atoms with Crippen molar-refractivity contribution in [1.82, 2.24) is 5.32 Å². The van der Waals surface area contributed by atoms with Crippen LogP contribution in [0.3, 0.4) is 0 Å². The lowest BCUT2D eigenvalue weighted by Crippen LogP contribution is -2.16. The average molecular weight is 212 g/mol. The molecule has 0 saturated carbocycles. The van der Waals surface area contributed by atoms with E-state index in [1.807, 2.05) is 18.2 Å². The van der Waals surface area contributed by atoms with E-state index in [2.05, 4.69) is 25.2 Å². The van der Waals surface area contributed by atoms with Crippen LogP contribution in [0, 0.1) is 5.92 Å². The van der Waals surface area contributed by atoms with Crippen LogP contribution < -0.4 is 5.32 Å². The van der Waals surface area contributed by atoms with Crippen molar-refractivity contribution in [3.8, 4) is 0 Å². The zero-order chi connectivity index (χ0) is 10.4. The molecule has 0 unspecified atom stereocenters. The van der Waals surface area contributed by atoms with E-state index < -0.39 is 0 Å². The van der Waals surface area contributed by atoms with Crippen molar-refractivity contribution in [2.75, 3.05) is 6.54 Å². The van der Waals surface area contributed by atoms with Gasteiger partial charge in [0.1, 0.15) is 0 Å².